The molecule has 8 nitrogen and oxygen atoms in total. The van der Waals surface area contributed by atoms with Gasteiger partial charge in [-0.05, 0) is 62.8 Å². The predicted molar refractivity (Wildman–Crippen MR) is 130 cm³/mol. The zero-order valence-electron chi connectivity index (χ0n) is 19.6. The van der Waals surface area contributed by atoms with E-state index in [1.54, 1.807) is 17.4 Å². The van der Waals surface area contributed by atoms with Gasteiger partial charge >= 0.3 is 6.03 Å². The number of ether oxygens (including phenoxy) is 2. The van der Waals surface area contributed by atoms with Gasteiger partial charge in [0.1, 0.15) is 18.8 Å². The molecule has 1 aliphatic carbocycles. The van der Waals surface area contributed by atoms with E-state index >= 15 is 0 Å². The maximum atomic E-state index is 13.5. The number of carbonyl (C=O) groups is 3. The number of Topliss-reactive ketones (excluding diaryl/α,β-unsaturated/α-hetero) is 1. The Hall–Kier alpha value is -3.59. The summed E-state index contributed by atoms with van der Waals surface area (Å²) in [6, 6.07) is 8.89. The van der Waals surface area contributed by atoms with Crippen molar-refractivity contribution < 1.29 is 23.9 Å². The molecule has 1 saturated heterocycles. The molecule has 1 spiro atoms. The van der Waals surface area contributed by atoms with Crippen LogP contribution in [0, 0.1) is 13.8 Å². The van der Waals surface area contributed by atoms with Crippen LogP contribution in [0.15, 0.2) is 35.7 Å². The second-order valence-corrected chi connectivity index (χ2v) is 10.2. The molecule has 1 aromatic carbocycles. The average molecular weight is 492 g/mol. The van der Waals surface area contributed by atoms with Crippen molar-refractivity contribution in [3.8, 4) is 17.2 Å². The minimum absolute atomic E-state index is 0.274. The van der Waals surface area contributed by atoms with Gasteiger partial charge in [0.05, 0.1) is 6.54 Å². The van der Waals surface area contributed by atoms with Crippen LogP contribution in [0.5, 0.6) is 11.5 Å². The van der Waals surface area contributed by atoms with Gasteiger partial charge in [0, 0.05) is 39.1 Å². The lowest BCUT2D eigenvalue weighted by Crippen LogP contribution is -2.46. The number of amides is 3. The van der Waals surface area contributed by atoms with Gasteiger partial charge in [0.2, 0.25) is 0 Å². The SMILES string of the molecule is Cc1cc(C(=O)CN2C(=O)N[C@]3(CCCc4sccc43)C2=O)c(C)n1-c1ccc2c(c1)OCCO2. The van der Waals surface area contributed by atoms with Gasteiger partial charge < -0.3 is 19.4 Å². The highest BCUT2D eigenvalue weighted by Crippen LogP contribution is 2.42. The Morgan fingerprint density at radius 1 is 1.11 bits per heavy atom. The highest BCUT2D eigenvalue weighted by atomic mass is 32.1. The van der Waals surface area contributed by atoms with Gasteiger partial charge in [-0.25, -0.2) is 4.79 Å². The molecule has 1 atom stereocenters. The molecule has 3 amide bonds. The summed E-state index contributed by atoms with van der Waals surface area (Å²) in [5, 5.41) is 4.87. The van der Waals surface area contributed by atoms with Gasteiger partial charge in [0.15, 0.2) is 17.3 Å². The number of benzene rings is 1. The van der Waals surface area contributed by atoms with Gasteiger partial charge in [-0.2, -0.15) is 0 Å². The summed E-state index contributed by atoms with van der Waals surface area (Å²) in [6.45, 7) is 4.50. The lowest BCUT2D eigenvalue weighted by molar-refractivity contribution is -0.131. The van der Waals surface area contributed by atoms with Crippen LogP contribution >= 0.6 is 11.3 Å². The number of urea groups is 1. The zero-order chi connectivity index (χ0) is 24.3. The Kier molecular flexibility index (Phi) is 5.00. The Bertz CT molecular complexity index is 1390. The Balaban J connectivity index is 1.28. The molecule has 4 heterocycles. The molecule has 6 rings (SSSR count). The van der Waals surface area contributed by atoms with Crippen molar-refractivity contribution in [2.75, 3.05) is 19.8 Å². The lowest BCUT2D eigenvalue weighted by Gasteiger charge is -2.31. The summed E-state index contributed by atoms with van der Waals surface area (Å²) in [5.74, 6) is 0.751. The number of fused-ring (bicyclic) bond motifs is 3. The molecule has 180 valence electrons. The van der Waals surface area contributed by atoms with E-state index < -0.39 is 11.6 Å². The van der Waals surface area contributed by atoms with E-state index in [-0.39, 0.29) is 18.2 Å². The molecule has 0 saturated carbocycles. The fraction of sp³-hybridized carbons (Fsp3) is 0.346. The molecule has 2 aromatic heterocycles. The van der Waals surface area contributed by atoms with E-state index in [9.17, 15) is 14.4 Å². The number of aryl methyl sites for hydroxylation is 2. The van der Waals surface area contributed by atoms with Gasteiger partial charge in [-0.3, -0.25) is 14.5 Å². The topological polar surface area (TPSA) is 89.9 Å². The summed E-state index contributed by atoms with van der Waals surface area (Å²) < 4.78 is 13.3. The quantitative estimate of drug-likeness (QED) is 0.442. The molecule has 35 heavy (non-hydrogen) atoms. The second kappa shape index (κ2) is 7.98. The van der Waals surface area contributed by atoms with E-state index in [0.717, 1.165) is 45.3 Å². The minimum atomic E-state index is -1.05. The first-order chi connectivity index (χ1) is 16.9. The van der Waals surface area contributed by atoms with E-state index in [0.29, 0.717) is 36.7 Å². The first kappa shape index (κ1) is 21.9. The summed E-state index contributed by atoms with van der Waals surface area (Å²) in [5.41, 5.74) is 2.77. The first-order valence-electron chi connectivity index (χ1n) is 11.7. The molecular formula is C26H25N3O5S. The van der Waals surface area contributed by atoms with Crippen molar-refractivity contribution in [2.24, 2.45) is 0 Å². The van der Waals surface area contributed by atoms with Crippen LogP contribution in [-0.4, -0.2) is 46.9 Å². The molecule has 1 N–H and O–H groups in total. The molecule has 3 aromatic rings. The molecule has 3 aliphatic rings. The summed E-state index contributed by atoms with van der Waals surface area (Å²) in [4.78, 5) is 42.0. The van der Waals surface area contributed by atoms with Crippen LogP contribution < -0.4 is 14.8 Å². The monoisotopic (exact) mass is 491 g/mol. The Morgan fingerprint density at radius 3 is 2.74 bits per heavy atom. The van der Waals surface area contributed by atoms with Crippen LogP contribution in [0.1, 0.15) is 45.0 Å². The molecule has 0 unspecified atom stereocenters. The maximum Gasteiger partial charge on any atom is 0.325 e. The lowest BCUT2D eigenvalue weighted by atomic mass is 9.80. The Morgan fingerprint density at radius 2 is 1.91 bits per heavy atom. The molecule has 0 bridgehead atoms. The maximum absolute atomic E-state index is 13.5. The number of rotatable bonds is 4. The minimum Gasteiger partial charge on any atom is -0.486 e. The smallest absolute Gasteiger partial charge is 0.325 e. The summed E-state index contributed by atoms with van der Waals surface area (Å²) in [6.07, 6.45) is 2.27. The number of aromatic nitrogens is 1. The molecule has 2 aliphatic heterocycles. The first-order valence-corrected chi connectivity index (χ1v) is 12.6. The van der Waals surface area contributed by atoms with Crippen LogP contribution in [-0.2, 0) is 16.8 Å². The van der Waals surface area contributed by atoms with Crippen molar-refractivity contribution in [2.45, 2.75) is 38.6 Å². The molecular weight excluding hydrogens is 466 g/mol. The normalized spacial score (nSPS) is 20.8. The van der Waals surface area contributed by atoms with Crippen molar-refractivity contribution in [3.63, 3.8) is 0 Å². The number of thiophene rings is 1. The average Bonchev–Trinajstić information content (AvgIpc) is 3.51. The largest absolute Gasteiger partial charge is 0.486 e. The fourth-order valence-corrected chi connectivity index (χ4v) is 6.53. The second-order valence-electron chi connectivity index (χ2n) is 9.21. The number of hydrogen-bond acceptors (Lipinski definition) is 6. The van der Waals surface area contributed by atoms with Crippen molar-refractivity contribution in [1.82, 2.24) is 14.8 Å². The van der Waals surface area contributed by atoms with E-state index in [1.807, 2.05) is 48.1 Å². The highest BCUT2D eigenvalue weighted by molar-refractivity contribution is 7.10. The Labute approximate surface area is 206 Å². The van der Waals surface area contributed by atoms with Crippen molar-refractivity contribution in [3.05, 3.63) is 63.1 Å². The molecule has 1 fully saturated rings. The third kappa shape index (κ3) is 3.29. The number of nitrogens with zero attached hydrogens (tertiary/aromatic N) is 2. The van der Waals surface area contributed by atoms with E-state index in [1.165, 1.54) is 0 Å². The number of carbonyl (C=O) groups excluding carboxylic acids is 3. The predicted octanol–water partition coefficient (Wildman–Crippen LogP) is 3.89. The van der Waals surface area contributed by atoms with Crippen molar-refractivity contribution >= 4 is 29.1 Å². The number of ketones is 1. The number of imide groups is 1. The van der Waals surface area contributed by atoms with Gasteiger partial charge in [-0.15, -0.1) is 11.3 Å². The third-order valence-corrected chi connectivity index (χ3v) is 8.13. The van der Waals surface area contributed by atoms with Gasteiger partial charge in [-0.1, -0.05) is 0 Å². The highest BCUT2D eigenvalue weighted by Gasteiger charge is 2.54. The molecule has 0 radical (unpaired) electrons. The van der Waals surface area contributed by atoms with E-state index in [4.69, 9.17) is 9.47 Å². The summed E-state index contributed by atoms with van der Waals surface area (Å²) >= 11 is 1.61. The molecule has 9 heteroatoms. The van der Waals surface area contributed by atoms with Crippen LogP contribution in [0.4, 0.5) is 4.79 Å². The van der Waals surface area contributed by atoms with Gasteiger partial charge in [0.25, 0.3) is 5.91 Å². The standard InChI is InChI=1S/C26H25N3O5S/c1-15-12-18(16(2)29(15)17-5-6-21-22(13-17)34-10-9-33-21)20(30)14-28-24(31)26(27-25(28)32)8-3-4-23-19(26)7-11-35-23/h5-7,11-13H,3-4,8-10,14H2,1-2H3,(H,27,32)/t26-/m0/s1. The van der Waals surface area contributed by atoms with Crippen LogP contribution in [0.3, 0.4) is 0 Å². The van der Waals surface area contributed by atoms with Crippen molar-refractivity contribution in [1.29, 1.82) is 0 Å². The van der Waals surface area contributed by atoms with E-state index in [2.05, 4.69) is 5.32 Å². The zero-order valence-corrected chi connectivity index (χ0v) is 20.4. The summed E-state index contributed by atoms with van der Waals surface area (Å²) in [7, 11) is 0. The number of hydrogen-bond donors (Lipinski definition) is 1. The third-order valence-electron chi connectivity index (χ3n) is 7.15. The number of nitrogens with one attached hydrogen (secondary N) is 1. The van der Waals surface area contributed by atoms with Crippen LogP contribution in [0.2, 0.25) is 0 Å². The van der Waals surface area contributed by atoms with Crippen LogP contribution in [0.25, 0.3) is 5.69 Å². The fourth-order valence-electron chi connectivity index (χ4n) is 5.53.